The fraction of sp³-hybridized carbons (Fsp3) is 0.241. The Balaban J connectivity index is 1.20. The lowest BCUT2D eigenvalue weighted by Gasteiger charge is -2.35. The molecule has 36 heavy (non-hydrogen) atoms. The number of nitrogens with one attached hydrogen (secondary N) is 2. The lowest BCUT2D eigenvalue weighted by molar-refractivity contribution is -0.700. The van der Waals surface area contributed by atoms with Crippen LogP contribution in [-0.2, 0) is 11.3 Å². The molecule has 0 saturated carbocycles. The monoisotopic (exact) mass is 496 g/mol. The molecule has 1 aliphatic rings. The van der Waals surface area contributed by atoms with E-state index in [2.05, 4.69) is 79.1 Å². The second-order valence-corrected chi connectivity index (χ2v) is 9.83. The van der Waals surface area contributed by atoms with Crippen LogP contribution in [0.4, 0.5) is 11.4 Å². The normalized spacial score (nSPS) is 14.0. The summed E-state index contributed by atoms with van der Waals surface area (Å²) in [6, 6.07) is 26.7. The van der Waals surface area contributed by atoms with Crippen LogP contribution in [0.15, 0.2) is 84.0 Å². The molecule has 2 heterocycles. The van der Waals surface area contributed by atoms with Gasteiger partial charge < -0.3 is 10.2 Å². The highest BCUT2D eigenvalue weighted by Crippen LogP contribution is 2.21. The summed E-state index contributed by atoms with van der Waals surface area (Å²) in [6.07, 6.45) is 5.43. The van der Waals surface area contributed by atoms with Gasteiger partial charge in [-0.2, -0.15) is 0 Å². The van der Waals surface area contributed by atoms with Gasteiger partial charge in [-0.1, -0.05) is 48.4 Å². The number of nitrogens with zero attached hydrogens (tertiary/aromatic N) is 3. The Morgan fingerprint density at radius 1 is 0.972 bits per heavy atom. The molecule has 3 aromatic carbocycles. The minimum Gasteiger partial charge on any atom is -0.369 e. The molecular formula is C29H30N5OS+. The minimum atomic E-state index is -0.0273. The van der Waals surface area contributed by atoms with Gasteiger partial charge >= 0.3 is 5.16 Å². The summed E-state index contributed by atoms with van der Waals surface area (Å²) in [5, 5.41) is 4.00. The number of carbonyl (C=O) groups is 1. The molecule has 6 nitrogen and oxygen atoms in total. The average molecular weight is 497 g/mol. The molecule has 1 aliphatic heterocycles. The van der Waals surface area contributed by atoms with Crippen molar-refractivity contribution in [1.82, 2.24) is 9.88 Å². The number of thioether (sulfide) groups is 1. The molecular weight excluding hydrogens is 466 g/mol. The van der Waals surface area contributed by atoms with Crippen molar-refractivity contribution in [3.05, 3.63) is 84.4 Å². The molecule has 2 N–H and O–H groups in total. The number of hydrogen-bond donors (Lipinski definition) is 2. The number of fused-ring (bicyclic) bond motifs is 1. The minimum absolute atomic E-state index is 0.0273. The number of benzene rings is 3. The van der Waals surface area contributed by atoms with Crippen LogP contribution in [0.3, 0.4) is 0 Å². The molecule has 182 valence electrons. The van der Waals surface area contributed by atoms with E-state index in [0.29, 0.717) is 12.3 Å². The second-order valence-electron chi connectivity index (χ2n) is 8.87. The van der Waals surface area contributed by atoms with E-state index in [0.717, 1.165) is 54.6 Å². The topological polar surface area (TPSA) is 55.2 Å². The first kappa shape index (κ1) is 24.0. The van der Waals surface area contributed by atoms with Crippen molar-refractivity contribution in [1.29, 1.82) is 0 Å². The highest BCUT2D eigenvalue weighted by molar-refractivity contribution is 7.99. The number of carbonyl (C=O) groups excluding carboxylic acids is 1. The van der Waals surface area contributed by atoms with Gasteiger partial charge in [0.15, 0.2) is 11.0 Å². The van der Waals surface area contributed by atoms with Gasteiger partial charge in [-0.15, -0.1) is 6.42 Å². The van der Waals surface area contributed by atoms with Gasteiger partial charge in [0.05, 0.1) is 12.3 Å². The maximum absolute atomic E-state index is 12.8. The largest absolute Gasteiger partial charge is 0.369 e. The Kier molecular flexibility index (Phi) is 7.55. The Morgan fingerprint density at radius 3 is 2.44 bits per heavy atom. The molecule has 5 rings (SSSR count). The van der Waals surface area contributed by atoms with Crippen LogP contribution in [0.5, 0.6) is 0 Å². The Bertz CT molecular complexity index is 1350. The molecule has 1 aromatic heterocycles. The molecule has 1 amide bonds. The molecule has 4 aromatic rings. The number of rotatable bonds is 8. The Morgan fingerprint density at radius 2 is 1.69 bits per heavy atom. The second kappa shape index (κ2) is 11.3. The standard InChI is InChI=1S/C29H29N5OS/c1-2-16-32-17-19-33(20-18-32)25-14-12-24(13-15-25)30-28(35)22-36-29-31-26-10-6-7-11-27(26)34(29)21-23-8-4-3-5-9-23/h1,3-15H,16-22H2,(H,30,35)/p+1. The van der Waals surface area contributed by atoms with E-state index in [1.165, 1.54) is 23.0 Å². The zero-order valence-electron chi connectivity index (χ0n) is 20.2. The Labute approximate surface area is 216 Å². The van der Waals surface area contributed by atoms with E-state index >= 15 is 0 Å². The molecule has 0 bridgehead atoms. The maximum Gasteiger partial charge on any atom is 0.317 e. The molecule has 0 spiro atoms. The first-order valence-corrected chi connectivity index (χ1v) is 13.2. The Hall–Kier alpha value is -3.73. The molecule has 0 atom stereocenters. The summed E-state index contributed by atoms with van der Waals surface area (Å²) in [6.45, 7) is 5.31. The number of aromatic amines is 1. The van der Waals surface area contributed by atoms with Gasteiger partial charge in [-0.3, -0.25) is 9.69 Å². The third kappa shape index (κ3) is 5.73. The van der Waals surface area contributed by atoms with Crippen molar-refractivity contribution in [2.75, 3.05) is 48.7 Å². The summed E-state index contributed by atoms with van der Waals surface area (Å²) in [5.74, 6) is 3.01. The number of anilines is 2. The summed E-state index contributed by atoms with van der Waals surface area (Å²) in [7, 11) is 0. The van der Waals surface area contributed by atoms with Gasteiger partial charge in [0.2, 0.25) is 5.91 Å². The molecule has 0 aliphatic carbocycles. The zero-order valence-corrected chi connectivity index (χ0v) is 21.0. The molecule has 1 saturated heterocycles. The van der Waals surface area contributed by atoms with Gasteiger partial charge in [0.25, 0.3) is 0 Å². The summed E-state index contributed by atoms with van der Waals surface area (Å²) >= 11 is 1.52. The summed E-state index contributed by atoms with van der Waals surface area (Å²) < 4.78 is 2.24. The van der Waals surface area contributed by atoms with Crippen molar-refractivity contribution in [2.45, 2.75) is 11.7 Å². The lowest BCUT2D eigenvalue weighted by Crippen LogP contribution is -2.46. The number of hydrogen-bond acceptors (Lipinski definition) is 4. The van der Waals surface area contributed by atoms with Gasteiger partial charge in [0.1, 0.15) is 6.54 Å². The predicted octanol–water partition coefficient (Wildman–Crippen LogP) is 3.99. The fourth-order valence-electron chi connectivity index (χ4n) is 4.52. The van der Waals surface area contributed by atoms with E-state index in [9.17, 15) is 4.79 Å². The van der Waals surface area contributed by atoms with Crippen LogP contribution < -0.4 is 14.8 Å². The first-order valence-electron chi connectivity index (χ1n) is 12.2. The third-order valence-electron chi connectivity index (χ3n) is 6.41. The van der Waals surface area contributed by atoms with Crippen molar-refractivity contribution in [3.63, 3.8) is 0 Å². The number of imidazole rings is 1. The third-order valence-corrected chi connectivity index (χ3v) is 7.41. The van der Waals surface area contributed by atoms with Gasteiger partial charge in [0, 0.05) is 37.6 Å². The van der Waals surface area contributed by atoms with E-state index in [-0.39, 0.29) is 5.91 Å². The summed E-state index contributed by atoms with van der Waals surface area (Å²) in [4.78, 5) is 20.9. The number of H-pyrrole nitrogens is 1. The van der Waals surface area contributed by atoms with Crippen LogP contribution in [-0.4, -0.2) is 54.3 Å². The van der Waals surface area contributed by atoms with Crippen LogP contribution >= 0.6 is 11.8 Å². The number of para-hydroxylation sites is 2. The van der Waals surface area contributed by atoms with Gasteiger partial charge in [-0.25, -0.2) is 9.55 Å². The number of piperazine rings is 1. The van der Waals surface area contributed by atoms with E-state index < -0.39 is 0 Å². The van der Waals surface area contributed by atoms with Crippen LogP contribution in [0.1, 0.15) is 5.56 Å². The van der Waals surface area contributed by atoms with Crippen molar-refractivity contribution in [2.24, 2.45) is 0 Å². The number of amides is 1. The first-order chi connectivity index (χ1) is 17.7. The van der Waals surface area contributed by atoms with E-state index in [4.69, 9.17) is 6.42 Å². The molecule has 0 unspecified atom stereocenters. The highest BCUT2D eigenvalue weighted by atomic mass is 32.2. The average Bonchev–Trinajstić information content (AvgIpc) is 3.26. The maximum atomic E-state index is 12.8. The lowest BCUT2D eigenvalue weighted by atomic mass is 10.2. The van der Waals surface area contributed by atoms with Crippen molar-refractivity contribution >= 4 is 40.1 Å². The van der Waals surface area contributed by atoms with Crippen molar-refractivity contribution < 1.29 is 9.36 Å². The molecule has 1 fully saturated rings. The number of terminal acetylenes is 1. The van der Waals surface area contributed by atoms with Crippen LogP contribution in [0, 0.1) is 12.3 Å². The number of aromatic nitrogens is 2. The molecule has 0 radical (unpaired) electrons. The van der Waals surface area contributed by atoms with Crippen LogP contribution in [0.2, 0.25) is 0 Å². The SMILES string of the molecule is C#CCN1CCN(c2ccc(NC(=O)CSc3[nH]c4ccccc4[n+]3Cc3ccccc3)cc2)CC1. The highest BCUT2D eigenvalue weighted by Gasteiger charge is 2.21. The van der Waals surface area contributed by atoms with Crippen LogP contribution in [0.25, 0.3) is 11.0 Å². The smallest absolute Gasteiger partial charge is 0.317 e. The quantitative estimate of drug-likeness (QED) is 0.220. The van der Waals surface area contributed by atoms with Crippen molar-refractivity contribution in [3.8, 4) is 12.3 Å². The molecule has 7 heteroatoms. The zero-order chi connectivity index (χ0) is 24.7. The van der Waals surface area contributed by atoms with Gasteiger partial charge in [-0.05, 0) is 53.7 Å². The van der Waals surface area contributed by atoms with E-state index in [1.807, 2.05) is 30.3 Å². The van der Waals surface area contributed by atoms with E-state index in [1.54, 1.807) is 0 Å². The predicted molar refractivity (Wildman–Crippen MR) is 147 cm³/mol. The fourth-order valence-corrected chi connectivity index (χ4v) is 5.36. The summed E-state index contributed by atoms with van der Waals surface area (Å²) in [5.41, 5.74) is 5.38.